The van der Waals surface area contributed by atoms with Crippen LogP contribution < -0.4 is 15.6 Å². The van der Waals surface area contributed by atoms with Crippen molar-refractivity contribution in [1.82, 2.24) is 9.55 Å². The van der Waals surface area contributed by atoms with Crippen LogP contribution in [-0.4, -0.2) is 27.8 Å². The second-order valence-electron chi connectivity index (χ2n) is 6.13. The number of nitrogens with zero attached hydrogens (tertiary/aromatic N) is 2. The van der Waals surface area contributed by atoms with Gasteiger partial charge in [-0.05, 0) is 25.5 Å². The van der Waals surface area contributed by atoms with Crippen molar-refractivity contribution in [3.63, 3.8) is 0 Å². The number of nitrogens with one attached hydrogen (secondary N) is 1. The monoisotopic (exact) mass is 395 g/mol. The van der Waals surface area contributed by atoms with E-state index in [1.807, 2.05) is 13.8 Å². The number of anilines is 1. The van der Waals surface area contributed by atoms with Gasteiger partial charge in [0.25, 0.3) is 5.56 Å². The fourth-order valence-electron chi connectivity index (χ4n) is 2.96. The number of hydrogen-bond donors (Lipinski definition) is 1. The van der Waals surface area contributed by atoms with Crippen molar-refractivity contribution in [3.05, 3.63) is 45.9 Å². The lowest BCUT2D eigenvalue weighted by Gasteiger charge is -2.25. The third-order valence-electron chi connectivity index (χ3n) is 4.30. The highest BCUT2D eigenvalue weighted by Gasteiger charge is 2.28. The Balaban J connectivity index is 1.76. The Bertz CT molecular complexity index is 917. The molecule has 3 rings (SSSR count). The van der Waals surface area contributed by atoms with E-state index in [0.29, 0.717) is 28.6 Å². The standard InChI is InChI=1S/C18H19F2N3O3S/c1-3-14-10(2)21-18-23(16(14)25)8-11(9-27-18)15(24)22-12-5-4-6-13(7-12)26-17(19)20/h4-7,11,17H,3,8-9H2,1-2H3,(H,22,24)/t11-/m1/s1. The minimum Gasteiger partial charge on any atom is -0.435 e. The molecule has 1 aromatic carbocycles. The number of benzene rings is 1. The summed E-state index contributed by atoms with van der Waals surface area (Å²) in [6.45, 7) is 1.01. The third-order valence-corrected chi connectivity index (χ3v) is 5.44. The molecule has 0 saturated heterocycles. The average molecular weight is 395 g/mol. The molecule has 0 bridgehead atoms. The topological polar surface area (TPSA) is 73.2 Å². The Hall–Kier alpha value is -2.42. The molecule has 0 fully saturated rings. The average Bonchev–Trinajstić information content (AvgIpc) is 2.61. The van der Waals surface area contributed by atoms with Crippen LogP contribution in [0.3, 0.4) is 0 Å². The number of rotatable bonds is 5. The molecule has 2 heterocycles. The van der Waals surface area contributed by atoms with Gasteiger partial charge in [-0.2, -0.15) is 8.78 Å². The smallest absolute Gasteiger partial charge is 0.387 e. The number of carbonyl (C=O) groups excluding carboxylic acids is 1. The summed E-state index contributed by atoms with van der Waals surface area (Å²) in [5.74, 6) is -0.271. The fraction of sp³-hybridized carbons (Fsp3) is 0.389. The largest absolute Gasteiger partial charge is 0.435 e. The molecule has 2 aromatic rings. The minimum absolute atomic E-state index is 0.0327. The number of hydrogen-bond acceptors (Lipinski definition) is 5. The van der Waals surface area contributed by atoms with Crippen LogP contribution in [0.4, 0.5) is 14.5 Å². The molecule has 1 aliphatic heterocycles. The number of alkyl halides is 2. The molecule has 1 aliphatic rings. The normalized spacial score (nSPS) is 16.1. The second-order valence-corrected chi connectivity index (χ2v) is 7.12. The summed E-state index contributed by atoms with van der Waals surface area (Å²) < 4.78 is 30.5. The van der Waals surface area contributed by atoms with Crippen LogP contribution in [0.2, 0.25) is 0 Å². The van der Waals surface area contributed by atoms with Gasteiger partial charge in [-0.1, -0.05) is 24.8 Å². The van der Waals surface area contributed by atoms with Crippen molar-refractivity contribution < 1.29 is 18.3 Å². The van der Waals surface area contributed by atoms with Gasteiger partial charge in [-0.25, -0.2) is 4.98 Å². The maximum atomic E-state index is 12.6. The van der Waals surface area contributed by atoms with Crippen LogP contribution in [0.15, 0.2) is 34.2 Å². The highest BCUT2D eigenvalue weighted by atomic mass is 32.2. The van der Waals surface area contributed by atoms with E-state index < -0.39 is 12.5 Å². The van der Waals surface area contributed by atoms with Gasteiger partial charge in [0.2, 0.25) is 5.91 Å². The molecule has 27 heavy (non-hydrogen) atoms. The number of aryl methyl sites for hydroxylation is 1. The molecule has 1 atom stereocenters. The number of amides is 1. The molecule has 1 aromatic heterocycles. The SMILES string of the molecule is CCc1c(C)nc2n(c1=O)C[C@@H](C(=O)Nc1cccc(OC(F)F)c1)CS2. The molecule has 1 N–H and O–H groups in total. The predicted molar refractivity (Wildman–Crippen MR) is 98.5 cm³/mol. The molecule has 144 valence electrons. The zero-order valence-electron chi connectivity index (χ0n) is 14.9. The summed E-state index contributed by atoms with van der Waals surface area (Å²) in [5.41, 5.74) is 1.62. The van der Waals surface area contributed by atoms with E-state index >= 15 is 0 Å². The van der Waals surface area contributed by atoms with Gasteiger partial charge in [-0.15, -0.1) is 0 Å². The molecule has 0 radical (unpaired) electrons. The highest BCUT2D eigenvalue weighted by Crippen LogP contribution is 2.27. The van der Waals surface area contributed by atoms with Crippen LogP contribution in [0.1, 0.15) is 18.2 Å². The molecule has 0 spiro atoms. The maximum absolute atomic E-state index is 12.6. The fourth-order valence-corrected chi connectivity index (χ4v) is 4.08. The first-order chi connectivity index (χ1) is 12.9. The van der Waals surface area contributed by atoms with Gasteiger partial charge in [0.15, 0.2) is 5.16 Å². The third kappa shape index (κ3) is 4.29. The number of ether oxygens (including phenoxy) is 1. The van der Waals surface area contributed by atoms with Gasteiger partial charge in [-0.3, -0.25) is 14.2 Å². The quantitative estimate of drug-likeness (QED) is 0.788. The molecule has 1 amide bonds. The maximum Gasteiger partial charge on any atom is 0.387 e. The van der Waals surface area contributed by atoms with Crippen LogP contribution in [0, 0.1) is 12.8 Å². The predicted octanol–water partition coefficient (Wildman–Crippen LogP) is 3.08. The van der Waals surface area contributed by atoms with E-state index in [1.165, 1.54) is 30.0 Å². The van der Waals surface area contributed by atoms with Crippen LogP contribution in [-0.2, 0) is 17.8 Å². The highest BCUT2D eigenvalue weighted by molar-refractivity contribution is 7.99. The van der Waals surface area contributed by atoms with Crippen molar-refractivity contribution in [1.29, 1.82) is 0 Å². The summed E-state index contributed by atoms with van der Waals surface area (Å²) in [5, 5.41) is 3.32. The number of halogens is 2. The Labute approximate surface area is 158 Å². The molecule has 0 unspecified atom stereocenters. The molecule has 0 saturated carbocycles. The first-order valence-electron chi connectivity index (χ1n) is 8.48. The molecule has 6 nitrogen and oxygen atoms in total. The van der Waals surface area contributed by atoms with E-state index in [2.05, 4.69) is 15.0 Å². The second kappa shape index (κ2) is 8.08. The summed E-state index contributed by atoms with van der Waals surface area (Å²) in [6, 6.07) is 5.82. The first-order valence-corrected chi connectivity index (χ1v) is 9.46. The Kier molecular flexibility index (Phi) is 5.79. The summed E-state index contributed by atoms with van der Waals surface area (Å²) in [4.78, 5) is 29.7. The van der Waals surface area contributed by atoms with Crippen molar-refractivity contribution in [2.45, 2.75) is 38.6 Å². The van der Waals surface area contributed by atoms with E-state index in [9.17, 15) is 18.4 Å². The number of aromatic nitrogens is 2. The van der Waals surface area contributed by atoms with Gasteiger partial charge < -0.3 is 10.1 Å². The summed E-state index contributed by atoms with van der Waals surface area (Å²) in [6.07, 6.45) is 0.580. The Morgan fingerprint density at radius 1 is 1.48 bits per heavy atom. The van der Waals surface area contributed by atoms with Crippen molar-refractivity contribution in [2.75, 3.05) is 11.1 Å². The van der Waals surface area contributed by atoms with Crippen LogP contribution >= 0.6 is 11.8 Å². The lowest BCUT2D eigenvalue weighted by molar-refractivity contribution is -0.119. The van der Waals surface area contributed by atoms with E-state index in [4.69, 9.17) is 0 Å². The number of fused-ring (bicyclic) bond motifs is 1. The van der Waals surface area contributed by atoms with Gasteiger partial charge in [0, 0.05) is 35.3 Å². The molecular formula is C18H19F2N3O3S. The van der Waals surface area contributed by atoms with E-state index in [1.54, 1.807) is 10.6 Å². The Morgan fingerprint density at radius 2 is 2.26 bits per heavy atom. The van der Waals surface area contributed by atoms with Gasteiger partial charge in [0.05, 0.1) is 5.92 Å². The van der Waals surface area contributed by atoms with Crippen LogP contribution in [0.5, 0.6) is 5.75 Å². The van der Waals surface area contributed by atoms with Gasteiger partial charge in [0.1, 0.15) is 5.75 Å². The molecular weight excluding hydrogens is 376 g/mol. The number of thioether (sulfide) groups is 1. The lowest BCUT2D eigenvalue weighted by atomic mass is 10.1. The van der Waals surface area contributed by atoms with Crippen molar-refractivity contribution in [2.24, 2.45) is 5.92 Å². The zero-order valence-corrected chi connectivity index (χ0v) is 15.7. The Morgan fingerprint density at radius 3 is 2.96 bits per heavy atom. The van der Waals surface area contributed by atoms with Crippen molar-refractivity contribution >= 4 is 23.4 Å². The molecule has 9 heteroatoms. The van der Waals surface area contributed by atoms with Crippen LogP contribution in [0.25, 0.3) is 0 Å². The minimum atomic E-state index is -2.93. The first kappa shape index (κ1) is 19.3. The van der Waals surface area contributed by atoms with Crippen molar-refractivity contribution in [3.8, 4) is 5.75 Å². The zero-order chi connectivity index (χ0) is 19.6. The van der Waals surface area contributed by atoms with E-state index in [0.717, 1.165) is 5.69 Å². The summed E-state index contributed by atoms with van der Waals surface area (Å²) in [7, 11) is 0. The lowest BCUT2D eigenvalue weighted by Crippen LogP contribution is -2.38. The van der Waals surface area contributed by atoms with Gasteiger partial charge >= 0.3 is 6.61 Å². The molecule has 0 aliphatic carbocycles. The summed E-state index contributed by atoms with van der Waals surface area (Å²) >= 11 is 1.36. The van der Waals surface area contributed by atoms with E-state index in [-0.39, 0.29) is 23.8 Å². The number of carbonyl (C=O) groups is 1.